The molecule has 3 heteroatoms. The molecule has 2 unspecified atom stereocenters. The molecule has 0 amide bonds. The van der Waals surface area contributed by atoms with Crippen LogP contribution in [-0.2, 0) is 4.74 Å². The predicted molar refractivity (Wildman–Crippen MR) is 52.5 cm³/mol. The Bertz CT molecular complexity index is 227. The number of hydrogen-bond donors (Lipinski definition) is 1. The molecule has 0 saturated heterocycles. The summed E-state index contributed by atoms with van der Waals surface area (Å²) in [6.07, 6.45) is 3.59. The lowest BCUT2D eigenvalue weighted by Gasteiger charge is -2.36. The Hall–Kier alpha value is -0.730. The van der Waals surface area contributed by atoms with E-state index in [1.165, 1.54) is 6.42 Å². The maximum absolute atomic E-state index is 5.56. The van der Waals surface area contributed by atoms with Crippen molar-refractivity contribution in [2.45, 2.75) is 38.6 Å². The van der Waals surface area contributed by atoms with E-state index in [2.05, 4.69) is 18.8 Å². The van der Waals surface area contributed by atoms with Gasteiger partial charge in [0.05, 0.1) is 0 Å². The average molecular weight is 182 g/mol. The molecular formula is C10H18N2O. The highest BCUT2D eigenvalue weighted by Crippen LogP contribution is 2.40. The second-order valence-electron chi connectivity index (χ2n) is 4.82. The van der Waals surface area contributed by atoms with E-state index in [1.807, 2.05) is 0 Å². The summed E-state index contributed by atoms with van der Waals surface area (Å²) < 4.78 is 5.27. The normalized spacial score (nSPS) is 44.6. The number of ether oxygens (including phenoxy) is 1. The van der Waals surface area contributed by atoms with E-state index in [0.29, 0.717) is 12.6 Å². The zero-order valence-corrected chi connectivity index (χ0v) is 8.42. The highest BCUT2D eigenvalue weighted by atomic mass is 16.5. The molecule has 2 rings (SSSR count). The molecule has 0 radical (unpaired) electrons. The van der Waals surface area contributed by atoms with E-state index in [-0.39, 0.29) is 5.54 Å². The molecule has 0 aromatic rings. The van der Waals surface area contributed by atoms with Crippen LogP contribution in [0.5, 0.6) is 0 Å². The van der Waals surface area contributed by atoms with Crippen molar-refractivity contribution in [3.63, 3.8) is 0 Å². The first-order valence-electron chi connectivity index (χ1n) is 5.08. The van der Waals surface area contributed by atoms with E-state index < -0.39 is 0 Å². The van der Waals surface area contributed by atoms with Crippen molar-refractivity contribution in [2.75, 3.05) is 6.61 Å². The Labute approximate surface area is 79.4 Å². The quantitative estimate of drug-likeness (QED) is 0.617. The molecule has 2 atom stereocenters. The minimum absolute atomic E-state index is 0.0289. The highest BCUT2D eigenvalue weighted by molar-refractivity contribution is 5.73. The molecule has 2 aliphatic rings. The summed E-state index contributed by atoms with van der Waals surface area (Å²) in [6, 6.07) is 0.390. The van der Waals surface area contributed by atoms with Gasteiger partial charge in [-0.1, -0.05) is 13.8 Å². The van der Waals surface area contributed by atoms with Crippen LogP contribution in [0, 0.1) is 11.8 Å². The van der Waals surface area contributed by atoms with Crippen molar-refractivity contribution in [3.05, 3.63) is 0 Å². The third kappa shape index (κ3) is 1.64. The van der Waals surface area contributed by atoms with Gasteiger partial charge in [-0.25, -0.2) is 4.99 Å². The van der Waals surface area contributed by atoms with Gasteiger partial charge >= 0.3 is 0 Å². The first kappa shape index (κ1) is 8.85. The fraction of sp³-hybridized carbons (Fsp3) is 0.900. The summed E-state index contributed by atoms with van der Waals surface area (Å²) in [5.74, 6) is 1.50. The molecule has 1 fully saturated rings. The van der Waals surface area contributed by atoms with Gasteiger partial charge in [-0.15, -0.1) is 0 Å². The zero-order chi connectivity index (χ0) is 9.47. The van der Waals surface area contributed by atoms with Crippen LogP contribution in [0.4, 0.5) is 0 Å². The molecule has 0 bridgehead atoms. The lowest BCUT2D eigenvalue weighted by molar-refractivity contribution is 0.143. The minimum Gasteiger partial charge on any atom is -0.463 e. The van der Waals surface area contributed by atoms with E-state index in [1.54, 1.807) is 0 Å². The zero-order valence-electron chi connectivity index (χ0n) is 8.42. The Morgan fingerprint density at radius 1 is 1.38 bits per heavy atom. The maximum atomic E-state index is 5.56. The van der Waals surface area contributed by atoms with Crippen LogP contribution in [-0.4, -0.2) is 18.2 Å². The summed E-state index contributed by atoms with van der Waals surface area (Å²) >= 11 is 0. The third-order valence-electron chi connectivity index (χ3n) is 3.10. The molecule has 0 aromatic carbocycles. The van der Waals surface area contributed by atoms with E-state index >= 15 is 0 Å². The average Bonchev–Trinajstić information content (AvgIpc) is 2.28. The lowest BCUT2D eigenvalue weighted by Crippen LogP contribution is -2.37. The molecule has 1 saturated carbocycles. The summed E-state index contributed by atoms with van der Waals surface area (Å²) in [6.45, 7) is 5.29. The highest BCUT2D eigenvalue weighted by Gasteiger charge is 2.41. The van der Waals surface area contributed by atoms with Gasteiger partial charge in [0.25, 0.3) is 6.02 Å². The molecule has 74 valence electrons. The maximum Gasteiger partial charge on any atom is 0.282 e. The third-order valence-corrected chi connectivity index (χ3v) is 3.10. The smallest absolute Gasteiger partial charge is 0.282 e. The number of nitrogens with zero attached hydrogens (tertiary/aromatic N) is 1. The molecule has 1 aliphatic carbocycles. The second-order valence-corrected chi connectivity index (χ2v) is 4.82. The van der Waals surface area contributed by atoms with Crippen LogP contribution in [0.15, 0.2) is 4.99 Å². The minimum atomic E-state index is 0.0289. The second kappa shape index (κ2) is 2.89. The lowest BCUT2D eigenvalue weighted by atomic mass is 9.72. The summed E-state index contributed by atoms with van der Waals surface area (Å²) in [7, 11) is 0. The number of amidine groups is 1. The predicted octanol–water partition coefficient (Wildman–Crippen LogP) is 1.53. The van der Waals surface area contributed by atoms with Crippen LogP contribution >= 0.6 is 0 Å². The molecule has 0 aromatic heterocycles. The fourth-order valence-corrected chi connectivity index (χ4v) is 2.95. The summed E-state index contributed by atoms with van der Waals surface area (Å²) in [5, 5.41) is 0. The molecule has 1 heterocycles. The number of aliphatic imine (C=N–C) groups is 1. The summed E-state index contributed by atoms with van der Waals surface area (Å²) in [4.78, 5) is 4.45. The topological polar surface area (TPSA) is 47.6 Å². The molecular weight excluding hydrogens is 164 g/mol. The Morgan fingerprint density at radius 3 is 2.46 bits per heavy atom. The Kier molecular flexibility index (Phi) is 1.97. The first-order valence-corrected chi connectivity index (χ1v) is 5.08. The SMILES string of the molecule is CC1CC(C)CC2(COC(N)=N2)C1. The fourth-order valence-electron chi connectivity index (χ4n) is 2.95. The Balaban J connectivity index is 2.14. The van der Waals surface area contributed by atoms with Crippen LogP contribution in [0.2, 0.25) is 0 Å². The van der Waals surface area contributed by atoms with E-state index in [4.69, 9.17) is 10.5 Å². The van der Waals surface area contributed by atoms with Gasteiger partial charge in [-0.2, -0.15) is 0 Å². The molecule has 2 N–H and O–H groups in total. The van der Waals surface area contributed by atoms with Gasteiger partial charge in [-0.05, 0) is 31.1 Å². The number of nitrogens with two attached hydrogens (primary N) is 1. The van der Waals surface area contributed by atoms with Gasteiger partial charge in [-0.3, -0.25) is 0 Å². The molecule has 3 nitrogen and oxygen atoms in total. The van der Waals surface area contributed by atoms with Crippen LogP contribution in [0.25, 0.3) is 0 Å². The van der Waals surface area contributed by atoms with E-state index in [9.17, 15) is 0 Å². The summed E-state index contributed by atoms with van der Waals surface area (Å²) in [5.41, 5.74) is 5.59. The van der Waals surface area contributed by atoms with Crippen LogP contribution in [0.3, 0.4) is 0 Å². The van der Waals surface area contributed by atoms with Crippen molar-refractivity contribution in [2.24, 2.45) is 22.6 Å². The standard InChI is InChI=1S/C10H18N2O/c1-7-3-8(2)5-10(4-7)6-13-9(11)12-10/h7-8H,3-6H2,1-2H3,(H2,11,12). The van der Waals surface area contributed by atoms with Gasteiger partial charge in [0.15, 0.2) is 0 Å². The van der Waals surface area contributed by atoms with Gasteiger partial charge in [0.2, 0.25) is 0 Å². The van der Waals surface area contributed by atoms with Gasteiger partial charge in [0, 0.05) is 0 Å². The number of rotatable bonds is 0. The van der Waals surface area contributed by atoms with Crippen molar-refractivity contribution < 1.29 is 4.74 Å². The van der Waals surface area contributed by atoms with Gasteiger partial charge < -0.3 is 10.5 Å². The first-order chi connectivity index (χ1) is 6.10. The molecule has 13 heavy (non-hydrogen) atoms. The van der Waals surface area contributed by atoms with Crippen molar-refractivity contribution in [1.82, 2.24) is 0 Å². The van der Waals surface area contributed by atoms with E-state index in [0.717, 1.165) is 24.7 Å². The monoisotopic (exact) mass is 182 g/mol. The molecule has 1 spiro atoms. The van der Waals surface area contributed by atoms with Crippen molar-refractivity contribution in [1.29, 1.82) is 0 Å². The Morgan fingerprint density at radius 2 is 2.00 bits per heavy atom. The van der Waals surface area contributed by atoms with Crippen molar-refractivity contribution in [3.8, 4) is 0 Å². The van der Waals surface area contributed by atoms with Crippen LogP contribution < -0.4 is 5.73 Å². The van der Waals surface area contributed by atoms with Gasteiger partial charge in [0.1, 0.15) is 12.1 Å². The largest absolute Gasteiger partial charge is 0.463 e. The van der Waals surface area contributed by atoms with Crippen LogP contribution in [0.1, 0.15) is 33.1 Å². The van der Waals surface area contributed by atoms with Crippen molar-refractivity contribution >= 4 is 6.02 Å². The molecule has 1 aliphatic heterocycles. The number of hydrogen-bond acceptors (Lipinski definition) is 3.